The molecule has 0 bridgehead atoms. The van der Waals surface area contributed by atoms with Crippen molar-refractivity contribution in [3.63, 3.8) is 0 Å². The highest BCUT2D eigenvalue weighted by molar-refractivity contribution is 5.92. The first kappa shape index (κ1) is 13.0. The fourth-order valence-electron chi connectivity index (χ4n) is 3.18. The van der Waals surface area contributed by atoms with Gasteiger partial charge in [-0.25, -0.2) is 4.98 Å². The Morgan fingerprint density at radius 2 is 2.19 bits per heavy atom. The molecule has 3 fully saturated rings. The number of amides is 1. The molecule has 1 amide bonds. The van der Waals surface area contributed by atoms with Gasteiger partial charge in [0.2, 0.25) is 5.95 Å². The maximum Gasteiger partial charge on any atom is 0.270 e. The molecule has 1 aliphatic heterocycles. The van der Waals surface area contributed by atoms with Gasteiger partial charge in [0.1, 0.15) is 5.69 Å². The van der Waals surface area contributed by atoms with Gasteiger partial charge in [-0.2, -0.15) is 4.39 Å². The molecule has 5 nitrogen and oxygen atoms in total. The summed E-state index contributed by atoms with van der Waals surface area (Å²) in [4.78, 5) is 17.9. The third-order valence-electron chi connectivity index (χ3n) is 4.68. The summed E-state index contributed by atoms with van der Waals surface area (Å²) >= 11 is 0. The van der Waals surface area contributed by atoms with E-state index in [1.807, 2.05) is 0 Å². The number of hydrogen-bond acceptors (Lipinski definition) is 4. The fourth-order valence-corrected chi connectivity index (χ4v) is 3.18. The molecule has 1 saturated heterocycles. The van der Waals surface area contributed by atoms with E-state index in [4.69, 9.17) is 0 Å². The lowest BCUT2D eigenvalue weighted by atomic mass is 9.83. The van der Waals surface area contributed by atoms with Crippen LogP contribution in [0.15, 0.2) is 12.1 Å². The average molecular weight is 290 g/mol. The third kappa shape index (κ3) is 2.37. The Morgan fingerprint density at radius 3 is 2.86 bits per heavy atom. The maximum absolute atomic E-state index is 14.3. The van der Waals surface area contributed by atoms with Crippen LogP contribution in [0.25, 0.3) is 0 Å². The van der Waals surface area contributed by atoms with Gasteiger partial charge >= 0.3 is 0 Å². The van der Waals surface area contributed by atoms with Gasteiger partial charge < -0.3 is 15.5 Å². The molecule has 3 aliphatic rings. The lowest BCUT2D eigenvalue weighted by molar-refractivity contribution is 0.0945. The van der Waals surface area contributed by atoms with Crippen molar-refractivity contribution in [3.05, 3.63) is 23.8 Å². The molecule has 2 saturated carbocycles. The summed E-state index contributed by atoms with van der Waals surface area (Å²) in [6, 6.07) is 4.42. The van der Waals surface area contributed by atoms with E-state index in [1.54, 1.807) is 12.1 Å². The first-order valence-electron chi connectivity index (χ1n) is 7.70. The minimum absolute atomic E-state index is 0.170. The van der Waals surface area contributed by atoms with Gasteiger partial charge in [-0.05, 0) is 37.8 Å². The van der Waals surface area contributed by atoms with E-state index in [0.29, 0.717) is 17.8 Å². The highest BCUT2D eigenvalue weighted by Crippen LogP contribution is 2.33. The number of rotatable bonds is 3. The molecule has 1 aromatic heterocycles. The first-order valence-corrected chi connectivity index (χ1v) is 7.70. The number of hydrogen-bond donors (Lipinski definition) is 2. The molecule has 4 rings (SSSR count). The van der Waals surface area contributed by atoms with Crippen molar-refractivity contribution in [2.75, 3.05) is 18.0 Å². The van der Waals surface area contributed by atoms with Crippen LogP contribution in [0.3, 0.4) is 0 Å². The quantitative estimate of drug-likeness (QED) is 0.817. The van der Waals surface area contributed by atoms with Gasteiger partial charge in [-0.15, -0.1) is 0 Å². The maximum atomic E-state index is 14.3. The molecule has 2 aliphatic carbocycles. The summed E-state index contributed by atoms with van der Waals surface area (Å²) in [7, 11) is 0. The van der Waals surface area contributed by atoms with Crippen molar-refractivity contribution in [3.8, 4) is 0 Å². The number of nitrogens with one attached hydrogen (secondary N) is 2. The Hall–Kier alpha value is -1.69. The highest BCUT2D eigenvalue weighted by Gasteiger charge is 2.39. The molecule has 1 aromatic rings. The van der Waals surface area contributed by atoms with Gasteiger partial charge in [0.15, 0.2) is 0 Å². The van der Waals surface area contributed by atoms with Crippen LogP contribution in [0.2, 0.25) is 0 Å². The van der Waals surface area contributed by atoms with Crippen LogP contribution in [0.1, 0.15) is 36.2 Å². The summed E-state index contributed by atoms with van der Waals surface area (Å²) in [5, 5.41) is 6.28. The molecule has 2 atom stereocenters. The number of nitrogens with zero attached hydrogens (tertiary/aromatic N) is 2. The predicted molar refractivity (Wildman–Crippen MR) is 76.8 cm³/mol. The average Bonchev–Trinajstić information content (AvgIpc) is 3.24. The molecule has 112 valence electrons. The zero-order valence-electron chi connectivity index (χ0n) is 11.8. The Bertz CT molecular complexity index is 575. The van der Waals surface area contributed by atoms with E-state index in [9.17, 15) is 9.18 Å². The fraction of sp³-hybridized carbons (Fsp3) is 0.600. The SMILES string of the molecule is O=C(NC1CC1)c1ccc(N2CCN[C@@H]3CC[C@@H]32)c(F)n1. The van der Waals surface area contributed by atoms with Crippen LogP contribution in [-0.4, -0.2) is 42.1 Å². The number of piperazine rings is 1. The molecule has 6 heteroatoms. The summed E-state index contributed by atoms with van der Waals surface area (Å²) in [5.74, 6) is -0.809. The van der Waals surface area contributed by atoms with Crippen LogP contribution in [0.4, 0.5) is 10.1 Å². The Balaban J connectivity index is 1.54. The van der Waals surface area contributed by atoms with E-state index < -0.39 is 5.95 Å². The van der Waals surface area contributed by atoms with Gasteiger partial charge in [-0.3, -0.25) is 4.79 Å². The number of aromatic nitrogens is 1. The largest absolute Gasteiger partial charge is 0.362 e. The van der Waals surface area contributed by atoms with Crippen molar-refractivity contribution < 1.29 is 9.18 Å². The molecule has 2 heterocycles. The van der Waals surface area contributed by atoms with Crippen molar-refractivity contribution in [1.29, 1.82) is 0 Å². The standard InChI is InChI=1S/C15H19FN4O/c16-14-13(20-8-7-17-10-3-5-12(10)20)6-4-11(19-14)15(21)18-9-1-2-9/h4,6,9-10,12,17H,1-3,5,7-8H2,(H,18,21)/t10-,12+/m1/s1. The number of anilines is 1. The van der Waals surface area contributed by atoms with Crippen molar-refractivity contribution >= 4 is 11.6 Å². The minimum atomic E-state index is -0.536. The Kier molecular flexibility index (Phi) is 3.06. The Morgan fingerprint density at radius 1 is 1.33 bits per heavy atom. The van der Waals surface area contributed by atoms with Gasteiger partial charge in [0.05, 0.1) is 5.69 Å². The molecule has 21 heavy (non-hydrogen) atoms. The monoisotopic (exact) mass is 290 g/mol. The number of halogens is 1. The zero-order chi connectivity index (χ0) is 14.4. The van der Waals surface area contributed by atoms with Gasteiger partial charge in [-0.1, -0.05) is 0 Å². The molecule has 0 unspecified atom stereocenters. The van der Waals surface area contributed by atoms with Crippen LogP contribution >= 0.6 is 0 Å². The predicted octanol–water partition coefficient (Wildman–Crippen LogP) is 1.05. The number of carbonyl (C=O) groups is 1. The highest BCUT2D eigenvalue weighted by atomic mass is 19.1. The zero-order valence-corrected chi connectivity index (χ0v) is 11.8. The lowest BCUT2D eigenvalue weighted by Gasteiger charge is -2.49. The molecule has 0 spiro atoms. The summed E-state index contributed by atoms with van der Waals surface area (Å²) < 4.78 is 14.3. The second-order valence-electron chi connectivity index (χ2n) is 6.15. The first-order chi connectivity index (χ1) is 10.2. The molecular weight excluding hydrogens is 271 g/mol. The van der Waals surface area contributed by atoms with Crippen molar-refractivity contribution in [2.45, 2.75) is 43.8 Å². The summed E-state index contributed by atoms with van der Waals surface area (Å²) in [5.41, 5.74) is 0.692. The second kappa shape index (κ2) is 4.94. The number of fused-ring (bicyclic) bond motifs is 1. The van der Waals surface area contributed by atoms with E-state index in [2.05, 4.69) is 20.5 Å². The van der Waals surface area contributed by atoms with Crippen LogP contribution in [-0.2, 0) is 0 Å². The Labute approximate surface area is 122 Å². The molecule has 0 aromatic carbocycles. The number of pyridine rings is 1. The molecule has 2 N–H and O–H groups in total. The summed E-state index contributed by atoms with van der Waals surface area (Å²) in [6.45, 7) is 1.65. The van der Waals surface area contributed by atoms with Crippen LogP contribution in [0, 0.1) is 5.95 Å². The van der Waals surface area contributed by atoms with E-state index in [0.717, 1.165) is 38.8 Å². The van der Waals surface area contributed by atoms with Gasteiger partial charge in [0.25, 0.3) is 5.91 Å². The molecular formula is C15H19FN4O. The summed E-state index contributed by atoms with van der Waals surface area (Å²) in [6.07, 6.45) is 4.26. The smallest absolute Gasteiger partial charge is 0.270 e. The van der Waals surface area contributed by atoms with E-state index in [1.165, 1.54) is 0 Å². The van der Waals surface area contributed by atoms with Gasteiger partial charge in [0, 0.05) is 31.2 Å². The third-order valence-corrected chi connectivity index (χ3v) is 4.68. The number of carbonyl (C=O) groups excluding carboxylic acids is 1. The lowest BCUT2D eigenvalue weighted by Crippen LogP contribution is -2.63. The molecule has 0 radical (unpaired) electrons. The topological polar surface area (TPSA) is 57.3 Å². The van der Waals surface area contributed by atoms with E-state index >= 15 is 0 Å². The van der Waals surface area contributed by atoms with Crippen molar-refractivity contribution in [1.82, 2.24) is 15.6 Å². The van der Waals surface area contributed by atoms with E-state index in [-0.39, 0.29) is 17.6 Å². The normalized spacial score (nSPS) is 27.8. The second-order valence-corrected chi connectivity index (χ2v) is 6.15. The van der Waals surface area contributed by atoms with Crippen LogP contribution in [0.5, 0.6) is 0 Å². The van der Waals surface area contributed by atoms with Crippen molar-refractivity contribution in [2.24, 2.45) is 0 Å². The minimum Gasteiger partial charge on any atom is -0.362 e. The van der Waals surface area contributed by atoms with Crippen LogP contribution < -0.4 is 15.5 Å².